The van der Waals surface area contributed by atoms with E-state index >= 15 is 0 Å². The molecule has 0 aliphatic carbocycles. The van der Waals surface area contributed by atoms with E-state index < -0.39 is 12.0 Å². The molecule has 1 amide bonds. The van der Waals surface area contributed by atoms with Gasteiger partial charge in [-0.25, -0.2) is 10.4 Å². The molecule has 0 aliphatic rings. The Bertz CT molecular complexity index is 1020. The van der Waals surface area contributed by atoms with Gasteiger partial charge < -0.3 is 14.6 Å². The van der Waals surface area contributed by atoms with Crippen LogP contribution >= 0.6 is 0 Å². The number of benzene rings is 2. The summed E-state index contributed by atoms with van der Waals surface area (Å²) in [5.74, 6) is 1.00. The number of aliphatic hydroxyl groups excluding tert-OH is 1. The minimum Gasteiger partial charge on any atom is -0.497 e. The molecule has 0 fully saturated rings. The first-order valence-corrected chi connectivity index (χ1v) is 9.94. The van der Waals surface area contributed by atoms with Crippen LogP contribution in [0.3, 0.4) is 0 Å². The van der Waals surface area contributed by atoms with Gasteiger partial charge in [-0.05, 0) is 61.4 Å². The molecule has 8 heteroatoms. The van der Waals surface area contributed by atoms with Gasteiger partial charge in [0.05, 0.1) is 37.9 Å². The Morgan fingerprint density at radius 1 is 1.13 bits per heavy atom. The van der Waals surface area contributed by atoms with Gasteiger partial charge in [-0.2, -0.15) is 0 Å². The number of rotatable bonds is 9. The fraction of sp³-hybridized carbons (Fsp3) is 0.261. The highest BCUT2D eigenvalue weighted by Gasteiger charge is 2.11. The molecule has 0 bridgehead atoms. The van der Waals surface area contributed by atoms with Crippen LogP contribution in [0.5, 0.6) is 11.5 Å². The van der Waals surface area contributed by atoms with Crippen molar-refractivity contribution in [1.82, 2.24) is 20.8 Å². The lowest BCUT2D eigenvalue weighted by molar-refractivity contribution is 0.0926. The number of methoxy groups -OCH3 is 1. The minimum atomic E-state index is -0.621. The molecule has 1 atom stereocenters. The second kappa shape index (κ2) is 10.5. The summed E-state index contributed by atoms with van der Waals surface area (Å²) in [5, 5.41) is 9.82. The molecule has 2 aromatic carbocycles. The molecule has 0 aliphatic heterocycles. The third kappa shape index (κ3) is 6.00. The zero-order chi connectivity index (χ0) is 22.2. The molecule has 1 heterocycles. The average molecular weight is 422 g/mol. The lowest BCUT2D eigenvalue weighted by Crippen LogP contribution is -2.37. The van der Waals surface area contributed by atoms with Crippen molar-refractivity contribution in [3.63, 3.8) is 0 Å². The standard InChI is InChI=1S/C23H26N4O4/c1-4-31-19-7-5-17(6-8-19)21-13-24-14-22(26-21)23(29)27-25-12-16-9-18(15(2)28)11-20(10-16)30-3/h5-11,13-15,25,28H,4,12H2,1-3H3,(H,27,29). The van der Waals surface area contributed by atoms with E-state index in [1.807, 2.05) is 43.3 Å². The molecule has 3 N–H and O–H groups in total. The SMILES string of the molecule is CCOc1ccc(-c2cncc(C(=O)NNCc3cc(OC)cc(C(C)O)c3)n2)cc1. The van der Waals surface area contributed by atoms with Gasteiger partial charge in [0.2, 0.25) is 0 Å². The van der Waals surface area contributed by atoms with Crippen LogP contribution in [0.4, 0.5) is 0 Å². The first-order valence-electron chi connectivity index (χ1n) is 9.94. The predicted octanol–water partition coefficient (Wildman–Crippen LogP) is 3.04. The summed E-state index contributed by atoms with van der Waals surface area (Å²) < 4.78 is 10.7. The topological polar surface area (TPSA) is 106 Å². The van der Waals surface area contributed by atoms with Crippen molar-refractivity contribution in [2.75, 3.05) is 13.7 Å². The Labute approximate surface area is 181 Å². The largest absolute Gasteiger partial charge is 0.497 e. The van der Waals surface area contributed by atoms with Crippen LogP contribution in [0, 0.1) is 0 Å². The van der Waals surface area contributed by atoms with Crippen LogP contribution in [0.1, 0.15) is 41.6 Å². The molecule has 162 valence electrons. The molecule has 3 rings (SSSR count). The first-order chi connectivity index (χ1) is 15.0. The van der Waals surface area contributed by atoms with Crippen molar-refractivity contribution >= 4 is 5.91 Å². The molecule has 0 spiro atoms. The number of carbonyl (C=O) groups excluding carboxylic acids is 1. The molecular weight excluding hydrogens is 396 g/mol. The quantitative estimate of drug-likeness (QED) is 0.455. The third-order valence-corrected chi connectivity index (χ3v) is 4.53. The van der Waals surface area contributed by atoms with E-state index in [-0.39, 0.29) is 5.69 Å². The highest BCUT2D eigenvalue weighted by molar-refractivity contribution is 5.92. The van der Waals surface area contributed by atoms with E-state index in [0.29, 0.717) is 24.6 Å². The smallest absolute Gasteiger partial charge is 0.285 e. The molecule has 0 radical (unpaired) electrons. The van der Waals surface area contributed by atoms with E-state index in [1.165, 1.54) is 6.20 Å². The second-order valence-electron chi connectivity index (χ2n) is 6.85. The number of aliphatic hydroxyl groups is 1. The fourth-order valence-electron chi connectivity index (χ4n) is 2.94. The summed E-state index contributed by atoms with van der Waals surface area (Å²) in [6.45, 7) is 4.55. The third-order valence-electron chi connectivity index (χ3n) is 4.53. The molecule has 0 saturated carbocycles. The maximum Gasteiger partial charge on any atom is 0.285 e. The maximum atomic E-state index is 12.5. The fourth-order valence-corrected chi connectivity index (χ4v) is 2.94. The lowest BCUT2D eigenvalue weighted by atomic mass is 10.1. The Balaban J connectivity index is 1.64. The van der Waals surface area contributed by atoms with Crippen molar-refractivity contribution in [2.24, 2.45) is 0 Å². The lowest BCUT2D eigenvalue weighted by Gasteiger charge is -2.12. The number of ether oxygens (including phenoxy) is 2. The number of nitrogens with zero attached hydrogens (tertiary/aromatic N) is 2. The zero-order valence-electron chi connectivity index (χ0n) is 17.8. The summed E-state index contributed by atoms with van der Waals surface area (Å²) in [5.41, 5.74) is 8.70. The van der Waals surface area contributed by atoms with Gasteiger partial charge in [0, 0.05) is 12.1 Å². The average Bonchev–Trinajstić information content (AvgIpc) is 2.79. The molecule has 1 unspecified atom stereocenters. The number of carbonyl (C=O) groups is 1. The molecule has 3 aromatic rings. The summed E-state index contributed by atoms with van der Waals surface area (Å²) in [7, 11) is 1.57. The Kier molecular flexibility index (Phi) is 7.53. The van der Waals surface area contributed by atoms with Gasteiger partial charge in [-0.15, -0.1) is 0 Å². The number of hydrogen-bond acceptors (Lipinski definition) is 7. The van der Waals surface area contributed by atoms with Crippen molar-refractivity contribution < 1.29 is 19.4 Å². The van der Waals surface area contributed by atoms with Crippen LogP contribution < -0.4 is 20.3 Å². The van der Waals surface area contributed by atoms with Crippen molar-refractivity contribution in [2.45, 2.75) is 26.5 Å². The highest BCUT2D eigenvalue weighted by Crippen LogP contribution is 2.22. The molecule has 0 saturated heterocycles. The monoisotopic (exact) mass is 422 g/mol. The van der Waals surface area contributed by atoms with Gasteiger partial charge in [0.25, 0.3) is 5.91 Å². The Morgan fingerprint density at radius 2 is 1.90 bits per heavy atom. The predicted molar refractivity (Wildman–Crippen MR) is 117 cm³/mol. The van der Waals surface area contributed by atoms with Crippen LogP contribution in [0.2, 0.25) is 0 Å². The van der Waals surface area contributed by atoms with Crippen molar-refractivity contribution in [3.05, 3.63) is 71.7 Å². The molecular formula is C23H26N4O4. The zero-order valence-corrected chi connectivity index (χ0v) is 17.8. The Morgan fingerprint density at radius 3 is 2.58 bits per heavy atom. The number of hydrogen-bond donors (Lipinski definition) is 3. The minimum absolute atomic E-state index is 0.189. The van der Waals surface area contributed by atoms with E-state index in [2.05, 4.69) is 20.8 Å². The van der Waals surface area contributed by atoms with E-state index in [4.69, 9.17) is 9.47 Å². The number of aromatic nitrogens is 2. The Hall–Kier alpha value is -3.49. The second-order valence-corrected chi connectivity index (χ2v) is 6.85. The van der Waals surface area contributed by atoms with Crippen LogP contribution in [-0.2, 0) is 6.54 Å². The van der Waals surface area contributed by atoms with Gasteiger partial charge in [-0.3, -0.25) is 15.2 Å². The summed E-state index contributed by atoms with van der Waals surface area (Å²) >= 11 is 0. The first kappa shape index (κ1) is 22.2. The summed E-state index contributed by atoms with van der Waals surface area (Å²) in [4.78, 5) is 21.0. The van der Waals surface area contributed by atoms with Crippen molar-refractivity contribution in [1.29, 1.82) is 0 Å². The normalized spacial score (nSPS) is 11.6. The molecule has 31 heavy (non-hydrogen) atoms. The number of nitrogens with one attached hydrogen (secondary N) is 2. The highest BCUT2D eigenvalue weighted by atomic mass is 16.5. The van der Waals surface area contributed by atoms with E-state index in [9.17, 15) is 9.90 Å². The van der Waals surface area contributed by atoms with Crippen molar-refractivity contribution in [3.8, 4) is 22.8 Å². The summed E-state index contributed by atoms with van der Waals surface area (Å²) in [6, 6.07) is 12.9. The van der Waals surface area contributed by atoms with Gasteiger partial charge in [0.15, 0.2) is 0 Å². The number of amides is 1. The number of hydrazine groups is 1. The van der Waals surface area contributed by atoms with Gasteiger partial charge >= 0.3 is 0 Å². The van der Waals surface area contributed by atoms with Crippen LogP contribution in [0.25, 0.3) is 11.3 Å². The van der Waals surface area contributed by atoms with E-state index in [1.54, 1.807) is 26.3 Å². The van der Waals surface area contributed by atoms with Gasteiger partial charge in [-0.1, -0.05) is 6.07 Å². The van der Waals surface area contributed by atoms with Gasteiger partial charge in [0.1, 0.15) is 17.2 Å². The van der Waals surface area contributed by atoms with E-state index in [0.717, 1.165) is 22.4 Å². The molecule has 8 nitrogen and oxygen atoms in total. The maximum absolute atomic E-state index is 12.5. The van der Waals surface area contributed by atoms with Crippen LogP contribution in [-0.4, -0.2) is 34.7 Å². The molecule has 1 aromatic heterocycles. The summed E-state index contributed by atoms with van der Waals surface area (Å²) in [6.07, 6.45) is 2.39. The van der Waals surface area contributed by atoms with Crippen LogP contribution in [0.15, 0.2) is 54.9 Å².